The van der Waals surface area contributed by atoms with Gasteiger partial charge in [-0.25, -0.2) is 8.42 Å². The Morgan fingerprint density at radius 3 is 2.62 bits per heavy atom. The number of rotatable bonds is 7. The standard InChI is InChI=1S/C11H16N4O5S/c1-21(19,20)7-3-6-13-11(16)8-4-2-5-9(15(17)18)10(8)14-12/h2,4-5,14H,3,6-7,12H2,1H3,(H,13,16). The van der Waals surface area contributed by atoms with Gasteiger partial charge >= 0.3 is 0 Å². The Balaban J connectivity index is 2.79. The molecule has 0 aliphatic rings. The largest absolute Gasteiger partial charge is 0.352 e. The van der Waals surface area contributed by atoms with E-state index in [-0.39, 0.29) is 35.7 Å². The van der Waals surface area contributed by atoms with Crippen LogP contribution in [0.5, 0.6) is 0 Å². The quantitative estimate of drug-likeness (QED) is 0.279. The number of carbonyl (C=O) groups is 1. The number of para-hydroxylation sites is 1. The topological polar surface area (TPSA) is 144 Å². The third-order valence-corrected chi connectivity index (χ3v) is 3.64. The number of sulfone groups is 1. The summed E-state index contributed by atoms with van der Waals surface area (Å²) in [4.78, 5) is 22.1. The van der Waals surface area contributed by atoms with E-state index in [1.807, 2.05) is 0 Å². The Hall–Kier alpha value is -2.20. The van der Waals surface area contributed by atoms with Crippen LogP contribution in [0.4, 0.5) is 11.4 Å². The van der Waals surface area contributed by atoms with E-state index in [0.29, 0.717) is 0 Å². The van der Waals surface area contributed by atoms with E-state index in [1.165, 1.54) is 18.2 Å². The van der Waals surface area contributed by atoms with Crippen LogP contribution in [0.2, 0.25) is 0 Å². The second-order valence-corrected chi connectivity index (χ2v) is 6.60. The number of nitro groups is 1. The summed E-state index contributed by atoms with van der Waals surface area (Å²) in [5.74, 6) is 4.60. The van der Waals surface area contributed by atoms with E-state index < -0.39 is 20.7 Å². The van der Waals surface area contributed by atoms with Crippen molar-refractivity contribution in [3.05, 3.63) is 33.9 Å². The highest BCUT2D eigenvalue weighted by Gasteiger charge is 2.20. The molecule has 1 aromatic carbocycles. The molecule has 116 valence electrons. The number of anilines is 1. The molecule has 4 N–H and O–H groups in total. The average molecular weight is 316 g/mol. The fourth-order valence-corrected chi connectivity index (χ4v) is 2.33. The van der Waals surface area contributed by atoms with Gasteiger partial charge < -0.3 is 10.7 Å². The lowest BCUT2D eigenvalue weighted by Gasteiger charge is -2.09. The highest BCUT2D eigenvalue weighted by Crippen LogP contribution is 2.27. The molecule has 0 fully saturated rings. The number of carbonyl (C=O) groups excluding carboxylic acids is 1. The Morgan fingerprint density at radius 2 is 2.10 bits per heavy atom. The first-order valence-corrected chi connectivity index (χ1v) is 8.02. The van der Waals surface area contributed by atoms with Crippen LogP contribution in [-0.2, 0) is 9.84 Å². The number of nitrogens with one attached hydrogen (secondary N) is 2. The molecule has 9 nitrogen and oxygen atoms in total. The van der Waals surface area contributed by atoms with E-state index in [2.05, 4.69) is 10.7 Å². The number of hydrogen-bond acceptors (Lipinski definition) is 7. The number of hydrogen-bond donors (Lipinski definition) is 3. The number of nitrogen functional groups attached to an aromatic ring is 1. The summed E-state index contributed by atoms with van der Waals surface area (Å²) in [6.07, 6.45) is 1.36. The highest BCUT2D eigenvalue weighted by molar-refractivity contribution is 7.90. The molecule has 0 bridgehead atoms. The van der Waals surface area contributed by atoms with Gasteiger partial charge in [0.2, 0.25) is 0 Å². The van der Waals surface area contributed by atoms with Crippen LogP contribution in [-0.4, -0.2) is 37.8 Å². The molecule has 1 rings (SSSR count). The average Bonchev–Trinajstić information content (AvgIpc) is 2.41. The maximum absolute atomic E-state index is 11.9. The number of nitro benzene ring substituents is 1. The summed E-state index contributed by atoms with van der Waals surface area (Å²) < 4.78 is 21.9. The van der Waals surface area contributed by atoms with Gasteiger partial charge in [0.25, 0.3) is 11.6 Å². The number of hydrazine groups is 1. The summed E-state index contributed by atoms with van der Waals surface area (Å²) in [6, 6.07) is 3.97. The van der Waals surface area contributed by atoms with Gasteiger partial charge in [-0.2, -0.15) is 0 Å². The van der Waals surface area contributed by atoms with Crippen LogP contribution in [0.3, 0.4) is 0 Å². The third-order valence-electron chi connectivity index (χ3n) is 2.61. The molecule has 0 saturated heterocycles. The molecule has 0 aliphatic heterocycles. The van der Waals surface area contributed by atoms with E-state index in [0.717, 1.165) is 6.26 Å². The summed E-state index contributed by atoms with van der Waals surface area (Å²) in [5.41, 5.74) is 1.75. The molecule has 0 radical (unpaired) electrons. The smallest absolute Gasteiger partial charge is 0.294 e. The van der Waals surface area contributed by atoms with Crippen molar-refractivity contribution in [2.45, 2.75) is 6.42 Å². The van der Waals surface area contributed by atoms with Crippen LogP contribution in [0.25, 0.3) is 0 Å². The molecule has 0 aliphatic carbocycles. The van der Waals surface area contributed by atoms with Crippen molar-refractivity contribution in [2.24, 2.45) is 5.84 Å². The molecular formula is C11H16N4O5S. The second kappa shape index (κ2) is 6.99. The van der Waals surface area contributed by atoms with Gasteiger partial charge in [-0.3, -0.25) is 20.8 Å². The Labute approximate surface area is 121 Å². The normalized spacial score (nSPS) is 11.0. The van der Waals surface area contributed by atoms with Crippen molar-refractivity contribution in [1.82, 2.24) is 5.32 Å². The predicted molar refractivity (Wildman–Crippen MR) is 77.6 cm³/mol. The van der Waals surface area contributed by atoms with Gasteiger partial charge in [-0.15, -0.1) is 0 Å². The van der Waals surface area contributed by atoms with Crippen molar-refractivity contribution in [1.29, 1.82) is 0 Å². The number of nitrogens with zero attached hydrogens (tertiary/aromatic N) is 1. The number of benzene rings is 1. The van der Waals surface area contributed by atoms with Crippen molar-refractivity contribution in [3.63, 3.8) is 0 Å². The Kier molecular flexibility index (Phi) is 5.61. The molecule has 0 spiro atoms. The lowest BCUT2D eigenvalue weighted by molar-refractivity contribution is -0.384. The van der Waals surface area contributed by atoms with Crippen LogP contribution in [0.15, 0.2) is 18.2 Å². The van der Waals surface area contributed by atoms with Crippen molar-refractivity contribution >= 4 is 27.1 Å². The van der Waals surface area contributed by atoms with Gasteiger partial charge in [-0.1, -0.05) is 6.07 Å². The second-order valence-electron chi connectivity index (χ2n) is 4.34. The van der Waals surface area contributed by atoms with Crippen LogP contribution in [0.1, 0.15) is 16.8 Å². The van der Waals surface area contributed by atoms with Crippen LogP contribution >= 0.6 is 0 Å². The summed E-state index contributed by atoms with van der Waals surface area (Å²) in [5, 5.41) is 13.3. The lowest BCUT2D eigenvalue weighted by Crippen LogP contribution is -2.27. The summed E-state index contributed by atoms with van der Waals surface area (Å²) >= 11 is 0. The summed E-state index contributed by atoms with van der Waals surface area (Å²) in [6.45, 7) is 0.138. The maximum atomic E-state index is 11.9. The molecule has 1 amide bonds. The zero-order chi connectivity index (χ0) is 16.0. The van der Waals surface area contributed by atoms with Gasteiger partial charge in [-0.05, 0) is 12.5 Å². The molecule has 0 unspecified atom stereocenters. The number of amides is 1. The van der Waals surface area contributed by atoms with Gasteiger partial charge in [0.15, 0.2) is 0 Å². The van der Waals surface area contributed by atoms with Crippen LogP contribution < -0.4 is 16.6 Å². The minimum Gasteiger partial charge on any atom is -0.352 e. The Morgan fingerprint density at radius 1 is 1.43 bits per heavy atom. The highest BCUT2D eigenvalue weighted by atomic mass is 32.2. The first kappa shape index (κ1) is 16.9. The van der Waals surface area contributed by atoms with Crippen molar-refractivity contribution in [2.75, 3.05) is 24.0 Å². The van der Waals surface area contributed by atoms with Gasteiger partial charge in [0.05, 0.1) is 16.2 Å². The summed E-state index contributed by atoms with van der Waals surface area (Å²) in [7, 11) is -3.09. The lowest BCUT2D eigenvalue weighted by atomic mass is 10.1. The van der Waals surface area contributed by atoms with Crippen molar-refractivity contribution in [3.8, 4) is 0 Å². The predicted octanol–water partition coefficient (Wildman–Crippen LogP) is 0.0449. The maximum Gasteiger partial charge on any atom is 0.294 e. The van der Waals surface area contributed by atoms with E-state index >= 15 is 0 Å². The molecular weight excluding hydrogens is 300 g/mol. The monoisotopic (exact) mass is 316 g/mol. The van der Waals surface area contributed by atoms with E-state index in [9.17, 15) is 23.3 Å². The SMILES string of the molecule is CS(=O)(=O)CCCNC(=O)c1cccc([N+](=O)[O-])c1NN. The van der Waals surface area contributed by atoms with E-state index in [4.69, 9.17) is 5.84 Å². The first-order chi connectivity index (χ1) is 9.76. The third kappa shape index (κ3) is 5.00. The fourth-order valence-electron chi connectivity index (χ4n) is 1.66. The van der Waals surface area contributed by atoms with Gasteiger partial charge in [0.1, 0.15) is 15.5 Å². The minimum absolute atomic E-state index is 0.0195. The zero-order valence-corrected chi connectivity index (χ0v) is 12.1. The van der Waals surface area contributed by atoms with E-state index in [1.54, 1.807) is 0 Å². The Bertz CT molecular complexity index is 644. The molecule has 0 atom stereocenters. The molecule has 21 heavy (non-hydrogen) atoms. The molecule has 0 heterocycles. The van der Waals surface area contributed by atoms with Crippen LogP contribution in [0, 0.1) is 10.1 Å². The number of nitrogens with two attached hydrogens (primary N) is 1. The minimum atomic E-state index is -3.09. The molecule has 0 aromatic heterocycles. The first-order valence-electron chi connectivity index (χ1n) is 5.96. The van der Waals surface area contributed by atoms with Gasteiger partial charge in [0, 0.05) is 18.9 Å². The zero-order valence-electron chi connectivity index (χ0n) is 11.3. The fraction of sp³-hybridized carbons (Fsp3) is 0.364. The molecule has 1 aromatic rings. The van der Waals surface area contributed by atoms with Crippen molar-refractivity contribution < 1.29 is 18.1 Å². The molecule has 0 saturated carbocycles. The molecule has 10 heteroatoms.